The molecular formula is C14H25NO3. The minimum absolute atomic E-state index is 0.0664. The van der Waals surface area contributed by atoms with Crippen LogP contribution in [0.4, 0.5) is 0 Å². The van der Waals surface area contributed by atoms with Gasteiger partial charge in [0, 0.05) is 6.54 Å². The molecule has 1 aliphatic rings. The van der Waals surface area contributed by atoms with Gasteiger partial charge in [-0.05, 0) is 25.2 Å². The molecule has 0 aromatic carbocycles. The molecule has 0 bridgehead atoms. The van der Waals surface area contributed by atoms with Crippen molar-refractivity contribution in [3.63, 3.8) is 0 Å². The Balaban J connectivity index is 2.33. The highest BCUT2D eigenvalue weighted by Gasteiger charge is 2.40. The lowest BCUT2D eigenvalue weighted by atomic mass is 9.95. The third-order valence-corrected chi connectivity index (χ3v) is 3.78. The third-order valence-electron chi connectivity index (χ3n) is 3.78. The summed E-state index contributed by atoms with van der Waals surface area (Å²) >= 11 is 0. The average molecular weight is 255 g/mol. The van der Waals surface area contributed by atoms with Gasteiger partial charge in [0.2, 0.25) is 5.91 Å². The maximum absolute atomic E-state index is 12.0. The summed E-state index contributed by atoms with van der Waals surface area (Å²) in [6.45, 7) is 4.84. The van der Waals surface area contributed by atoms with E-state index in [1.165, 1.54) is 12.8 Å². The average Bonchev–Trinajstić information content (AvgIpc) is 2.71. The maximum Gasteiger partial charge on any atom is 0.307 e. The summed E-state index contributed by atoms with van der Waals surface area (Å²) < 4.78 is 0. The number of carbonyl (C=O) groups is 2. The Bertz CT molecular complexity index is 291. The molecule has 1 amide bonds. The molecule has 18 heavy (non-hydrogen) atoms. The second-order valence-electron chi connectivity index (χ2n) is 5.48. The topological polar surface area (TPSA) is 66.4 Å². The molecule has 1 rings (SSSR count). The largest absolute Gasteiger partial charge is 0.481 e. The highest BCUT2D eigenvalue weighted by molar-refractivity contribution is 5.85. The predicted molar refractivity (Wildman–Crippen MR) is 70.2 cm³/mol. The lowest BCUT2D eigenvalue weighted by Crippen LogP contribution is -2.35. The fourth-order valence-corrected chi connectivity index (χ4v) is 2.75. The van der Waals surface area contributed by atoms with Crippen LogP contribution in [0.2, 0.25) is 0 Å². The highest BCUT2D eigenvalue weighted by Crippen LogP contribution is 2.36. The van der Waals surface area contributed by atoms with Crippen LogP contribution in [0.1, 0.15) is 52.4 Å². The summed E-state index contributed by atoms with van der Waals surface area (Å²) in [5.41, 5.74) is 0. The van der Waals surface area contributed by atoms with Crippen molar-refractivity contribution in [2.45, 2.75) is 52.4 Å². The number of hydrogen-bond acceptors (Lipinski definition) is 2. The van der Waals surface area contributed by atoms with Crippen molar-refractivity contribution in [2.75, 3.05) is 6.54 Å². The van der Waals surface area contributed by atoms with Crippen LogP contribution in [-0.2, 0) is 9.59 Å². The second kappa shape index (κ2) is 7.39. The molecule has 2 N–H and O–H groups in total. The number of amides is 1. The van der Waals surface area contributed by atoms with Gasteiger partial charge in [0.05, 0.1) is 11.8 Å². The van der Waals surface area contributed by atoms with Gasteiger partial charge < -0.3 is 10.4 Å². The van der Waals surface area contributed by atoms with Crippen LogP contribution in [0.25, 0.3) is 0 Å². The van der Waals surface area contributed by atoms with E-state index in [0.717, 1.165) is 12.8 Å². The van der Waals surface area contributed by atoms with Gasteiger partial charge in [-0.3, -0.25) is 9.59 Å². The standard InChI is InChI=1S/C14H25NO3/c1-3-4-5-6-7-15-13(16)11-8-10(2)9-12(11)14(17)18/h10-12H,3-9H2,1-2H3,(H,15,16)(H,17,18)/t10?,11-,12+/m0/s1. The van der Waals surface area contributed by atoms with Crippen molar-refractivity contribution in [3.8, 4) is 0 Å². The Kier molecular flexibility index (Phi) is 6.16. The van der Waals surface area contributed by atoms with E-state index in [4.69, 9.17) is 5.11 Å². The maximum atomic E-state index is 12.0. The van der Waals surface area contributed by atoms with Crippen molar-refractivity contribution in [1.29, 1.82) is 0 Å². The summed E-state index contributed by atoms with van der Waals surface area (Å²) in [4.78, 5) is 23.1. The van der Waals surface area contributed by atoms with E-state index in [9.17, 15) is 9.59 Å². The summed E-state index contributed by atoms with van der Waals surface area (Å²) in [5, 5.41) is 12.0. The number of nitrogens with one attached hydrogen (secondary N) is 1. The van der Waals surface area contributed by atoms with Crippen molar-refractivity contribution < 1.29 is 14.7 Å². The van der Waals surface area contributed by atoms with Gasteiger partial charge in [-0.2, -0.15) is 0 Å². The van der Waals surface area contributed by atoms with E-state index in [2.05, 4.69) is 12.2 Å². The van der Waals surface area contributed by atoms with Gasteiger partial charge in [-0.25, -0.2) is 0 Å². The zero-order valence-electron chi connectivity index (χ0n) is 11.4. The van der Waals surface area contributed by atoms with Crippen LogP contribution >= 0.6 is 0 Å². The first-order chi connectivity index (χ1) is 8.56. The molecule has 4 nitrogen and oxygen atoms in total. The normalized spacial score (nSPS) is 27.1. The van der Waals surface area contributed by atoms with E-state index in [-0.39, 0.29) is 11.8 Å². The molecule has 1 fully saturated rings. The molecule has 0 heterocycles. The number of carboxylic acids is 1. The molecule has 0 spiro atoms. The third kappa shape index (κ3) is 4.31. The molecule has 0 saturated heterocycles. The molecule has 4 heteroatoms. The molecule has 3 atom stereocenters. The van der Waals surface area contributed by atoms with Crippen LogP contribution < -0.4 is 5.32 Å². The lowest BCUT2D eigenvalue weighted by molar-refractivity contribution is -0.146. The minimum Gasteiger partial charge on any atom is -0.481 e. The lowest BCUT2D eigenvalue weighted by Gasteiger charge is -2.15. The van der Waals surface area contributed by atoms with Gasteiger partial charge in [0.25, 0.3) is 0 Å². The first-order valence-corrected chi connectivity index (χ1v) is 7.06. The van der Waals surface area contributed by atoms with Crippen LogP contribution in [0, 0.1) is 17.8 Å². The zero-order chi connectivity index (χ0) is 13.5. The number of aliphatic carboxylic acids is 1. The number of unbranched alkanes of at least 4 members (excludes halogenated alkanes) is 3. The first-order valence-electron chi connectivity index (χ1n) is 7.06. The number of rotatable bonds is 7. The van der Waals surface area contributed by atoms with Gasteiger partial charge in [0.15, 0.2) is 0 Å². The molecule has 0 aromatic heterocycles. The van der Waals surface area contributed by atoms with Gasteiger partial charge >= 0.3 is 5.97 Å². The zero-order valence-corrected chi connectivity index (χ0v) is 11.4. The molecule has 1 unspecified atom stereocenters. The van der Waals surface area contributed by atoms with E-state index in [1.807, 2.05) is 6.92 Å². The predicted octanol–water partition coefficient (Wildman–Crippen LogP) is 2.43. The van der Waals surface area contributed by atoms with E-state index >= 15 is 0 Å². The van der Waals surface area contributed by atoms with Gasteiger partial charge in [-0.15, -0.1) is 0 Å². The summed E-state index contributed by atoms with van der Waals surface area (Å²) in [6.07, 6.45) is 5.81. The smallest absolute Gasteiger partial charge is 0.307 e. The fraction of sp³-hybridized carbons (Fsp3) is 0.857. The van der Waals surface area contributed by atoms with Gasteiger partial charge in [0.1, 0.15) is 0 Å². The Morgan fingerprint density at radius 3 is 2.44 bits per heavy atom. The SMILES string of the molecule is CCCCCCNC(=O)[C@H]1CC(C)C[C@H]1C(=O)O. The van der Waals surface area contributed by atoms with Crippen LogP contribution in [0.5, 0.6) is 0 Å². The second-order valence-corrected chi connectivity index (χ2v) is 5.48. The van der Waals surface area contributed by atoms with E-state index in [1.54, 1.807) is 0 Å². The van der Waals surface area contributed by atoms with Crippen LogP contribution in [0.3, 0.4) is 0 Å². The van der Waals surface area contributed by atoms with E-state index < -0.39 is 11.9 Å². The summed E-state index contributed by atoms with van der Waals surface area (Å²) in [7, 11) is 0. The highest BCUT2D eigenvalue weighted by atomic mass is 16.4. The summed E-state index contributed by atoms with van der Waals surface area (Å²) in [6, 6.07) is 0. The van der Waals surface area contributed by atoms with Crippen molar-refractivity contribution in [1.82, 2.24) is 5.32 Å². The van der Waals surface area contributed by atoms with Gasteiger partial charge in [-0.1, -0.05) is 33.1 Å². The Hall–Kier alpha value is -1.06. The first kappa shape index (κ1) is 15.0. The molecular weight excluding hydrogens is 230 g/mol. The minimum atomic E-state index is -0.828. The molecule has 104 valence electrons. The van der Waals surface area contributed by atoms with Crippen LogP contribution in [0.15, 0.2) is 0 Å². The Morgan fingerprint density at radius 2 is 1.83 bits per heavy atom. The molecule has 0 aliphatic heterocycles. The monoisotopic (exact) mass is 255 g/mol. The molecule has 1 aliphatic carbocycles. The quantitative estimate of drug-likeness (QED) is 0.687. The molecule has 1 saturated carbocycles. The Labute approximate surface area is 109 Å². The molecule has 0 radical (unpaired) electrons. The number of carbonyl (C=O) groups excluding carboxylic acids is 1. The Morgan fingerprint density at radius 1 is 1.17 bits per heavy atom. The number of hydrogen-bond donors (Lipinski definition) is 2. The summed E-state index contributed by atoms with van der Waals surface area (Å²) in [5.74, 6) is -1.38. The van der Waals surface area contributed by atoms with E-state index in [0.29, 0.717) is 25.3 Å². The van der Waals surface area contributed by atoms with Crippen molar-refractivity contribution in [2.24, 2.45) is 17.8 Å². The number of carboxylic acid groups (broad SMARTS) is 1. The molecule has 0 aromatic rings. The van der Waals surface area contributed by atoms with Crippen molar-refractivity contribution >= 4 is 11.9 Å². The van der Waals surface area contributed by atoms with Crippen molar-refractivity contribution in [3.05, 3.63) is 0 Å². The van der Waals surface area contributed by atoms with Crippen LogP contribution in [-0.4, -0.2) is 23.5 Å². The fourth-order valence-electron chi connectivity index (χ4n) is 2.75.